The third-order valence-electron chi connectivity index (χ3n) is 4.83. The van der Waals surface area contributed by atoms with E-state index in [1.54, 1.807) is 25.3 Å². The van der Waals surface area contributed by atoms with Crippen molar-refractivity contribution in [2.24, 2.45) is 0 Å². The maximum Gasteiger partial charge on any atom is 0.277 e. The highest BCUT2D eigenvalue weighted by Crippen LogP contribution is 2.30. The molecular weight excluding hydrogens is 474 g/mol. The Hall–Kier alpha value is -4.84. The average Bonchev–Trinajstić information content (AvgIpc) is 3.32. The zero-order valence-corrected chi connectivity index (χ0v) is 18.9. The van der Waals surface area contributed by atoms with Crippen molar-refractivity contribution in [1.29, 1.82) is 0 Å². The molecule has 2 N–H and O–H groups in total. The minimum absolute atomic E-state index is 0.199. The summed E-state index contributed by atoms with van der Waals surface area (Å²) >= 11 is 1.40. The Morgan fingerprint density at radius 1 is 0.943 bits per heavy atom. The van der Waals surface area contributed by atoms with Gasteiger partial charge >= 0.3 is 0 Å². The van der Waals surface area contributed by atoms with E-state index in [2.05, 4.69) is 15.6 Å². The van der Waals surface area contributed by atoms with Crippen LogP contribution in [0.1, 0.15) is 10.4 Å². The minimum Gasteiger partial charge on any atom is -0.497 e. The molecule has 1 amide bonds. The zero-order chi connectivity index (χ0) is 24.9. The first kappa shape index (κ1) is 23.3. The molecule has 176 valence electrons. The molecule has 0 fully saturated rings. The SMILES string of the molecule is COc1cccc(Nc2nc(-c3cccc(NC(=O)c4cc([N+](=O)[O-])cc([N+](=O)[O-])c4)c3)cs2)c1. The van der Waals surface area contributed by atoms with E-state index in [9.17, 15) is 25.0 Å². The van der Waals surface area contributed by atoms with Gasteiger partial charge in [0.25, 0.3) is 17.3 Å². The van der Waals surface area contributed by atoms with Crippen molar-refractivity contribution in [3.8, 4) is 17.0 Å². The summed E-state index contributed by atoms with van der Waals surface area (Å²) in [7, 11) is 1.59. The van der Waals surface area contributed by atoms with Gasteiger partial charge in [0.2, 0.25) is 0 Å². The molecule has 0 aliphatic carbocycles. The Bertz CT molecular complexity index is 1410. The van der Waals surface area contributed by atoms with Gasteiger partial charge in [-0.25, -0.2) is 4.98 Å². The molecule has 0 radical (unpaired) electrons. The monoisotopic (exact) mass is 491 g/mol. The fourth-order valence-electron chi connectivity index (χ4n) is 3.18. The van der Waals surface area contributed by atoms with Crippen LogP contribution in [0.3, 0.4) is 0 Å². The molecule has 1 aromatic heterocycles. The standard InChI is InChI=1S/C23H17N5O6S/c1-34-20-7-3-6-17(11-20)25-23-26-21(13-35-23)14-4-2-5-16(8-14)24-22(29)15-9-18(27(30)31)12-19(10-15)28(32)33/h2-13H,1H3,(H,24,29)(H,25,26). The van der Waals surface area contributed by atoms with Crippen LogP contribution < -0.4 is 15.4 Å². The van der Waals surface area contributed by atoms with Crippen molar-refractivity contribution in [2.45, 2.75) is 0 Å². The molecular formula is C23H17N5O6S. The molecule has 12 heteroatoms. The van der Waals surface area contributed by atoms with E-state index in [1.807, 2.05) is 35.7 Å². The topological polar surface area (TPSA) is 150 Å². The summed E-state index contributed by atoms with van der Waals surface area (Å²) in [6, 6.07) is 17.1. The predicted molar refractivity (Wildman–Crippen MR) is 132 cm³/mol. The first-order chi connectivity index (χ1) is 16.8. The van der Waals surface area contributed by atoms with Gasteiger partial charge in [0.15, 0.2) is 5.13 Å². The van der Waals surface area contributed by atoms with Crippen molar-refractivity contribution >= 4 is 45.1 Å². The fourth-order valence-corrected chi connectivity index (χ4v) is 3.92. The zero-order valence-electron chi connectivity index (χ0n) is 18.1. The number of rotatable bonds is 8. The van der Waals surface area contributed by atoms with Crippen LogP contribution in [0.2, 0.25) is 0 Å². The summed E-state index contributed by atoms with van der Waals surface area (Å²) in [6.45, 7) is 0. The number of ether oxygens (including phenoxy) is 1. The van der Waals surface area contributed by atoms with Gasteiger partial charge in [-0.05, 0) is 24.3 Å². The fraction of sp³-hybridized carbons (Fsp3) is 0.0435. The molecule has 0 saturated carbocycles. The lowest BCUT2D eigenvalue weighted by Crippen LogP contribution is -2.12. The summed E-state index contributed by atoms with van der Waals surface area (Å²) in [4.78, 5) is 37.9. The first-order valence-corrected chi connectivity index (χ1v) is 10.9. The number of amides is 1. The number of thiazole rings is 1. The van der Waals surface area contributed by atoms with Crippen LogP contribution in [0.25, 0.3) is 11.3 Å². The van der Waals surface area contributed by atoms with Crippen molar-refractivity contribution < 1.29 is 19.4 Å². The van der Waals surface area contributed by atoms with Crippen LogP contribution >= 0.6 is 11.3 Å². The molecule has 0 unspecified atom stereocenters. The second-order valence-corrected chi connectivity index (χ2v) is 8.04. The van der Waals surface area contributed by atoms with E-state index in [4.69, 9.17) is 4.74 Å². The van der Waals surface area contributed by atoms with Gasteiger partial charge in [-0.3, -0.25) is 25.0 Å². The Kier molecular flexibility index (Phi) is 6.64. The van der Waals surface area contributed by atoms with Crippen molar-refractivity contribution in [1.82, 2.24) is 4.98 Å². The predicted octanol–water partition coefficient (Wildman–Crippen LogP) is 5.63. The van der Waals surface area contributed by atoms with E-state index < -0.39 is 27.1 Å². The molecule has 0 aliphatic heterocycles. The van der Waals surface area contributed by atoms with E-state index in [1.165, 1.54) is 11.3 Å². The molecule has 1 heterocycles. The summed E-state index contributed by atoms with van der Waals surface area (Å²) in [5.74, 6) is -0.00286. The molecule has 4 aromatic rings. The second kappa shape index (κ2) is 9.97. The lowest BCUT2D eigenvalue weighted by Gasteiger charge is -2.07. The molecule has 0 atom stereocenters. The number of nitro benzene ring substituents is 2. The van der Waals surface area contributed by atoms with Gasteiger partial charge < -0.3 is 15.4 Å². The maximum atomic E-state index is 12.7. The number of anilines is 3. The third kappa shape index (κ3) is 5.57. The van der Waals surface area contributed by atoms with Crippen molar-refractivity contribution in [3.05, 3.63) is 97.9 Å². The number of methoxy groups -OCH3 is 1. The molecule has 0 aliphatic rings. The number of nitrogens with one attached hydrogen (secondary N) is 2. The largest absolute Gasteiger partial charge is 0.497 e. The number of carbonyl (C=O) groups excluding carboxylic acids is 1. The summed E-state index contributed by atoms with van der Waals surface area (Å²) < 4.78 is 5.22. The first-order valence-electron chi connectivity index (χ1n) is 10.0. The molecule has 3 aromatic carbocycles. The Labute approximate surface area is 202 Å². The van der Waals surface area contributed by atoms with Gasteiger partial charge in [-0.15, -0.1) is 11.3 Å². The van der Waals surface area contributed by atoms with E-state index in [0.29, 0.717) is 22.3 Å². The van der Waals surface area contributed by atoms with E-state index >= 15 is 0 Å². The number of benzene rings is 3. The van der Waals surface area contributed by atoms with Gasteiger partial charge in [-0.1, -0.05) is 18.2 Å². The molecule has 0 saturated heterocycles. The number of non-ortho nitro benzene ring substituents is 2. The number of carbonyl (C=O) groups is 1. The highest BCUT2D eigenvalue weighted by Gasteiger charge is 2.20. The summed E-state index contributed by atoms with van der Waals surface area (Å²) in [6.07, 6.45) is 0. The molecule has 11 nitrogen and oxygen atoms in total. The quantitative estimate of drug-likeness (QED) is 0.238. The average molecular weight is 491 g/mol. The van der Waals surface area contributed by atoms with Crippen molar-refractivity contribution in [3.63, 3.8) is 0 Å². The van der Waals surface area contributed by atoms with Crippen LogP contribution in [0.4, 0.5) is 27.9 Å². The maximum absolute atomic E-state index is 12.7. The number of hydrogen-bond acceptors (Lipinski definition) is 9. The normalized spacial score (nSPS) is 10.4. The molecule has 0 spiro atoms. The summed E-state index contributed by atoms with van der Waals surface area (Å²) in [5, 5.41) is 30.5. The van der Waals surface area contributed by atoms with Crippen LogP contribution in [-0.4, -0.2) is 27.8 Å². The van der Waals surface area contributed by atoms with Gasteiger partial charge in [0, 0.05) is 40.5 Å². The highest BCUT2D eigenvalue weighted by atomic mass is 32.1. The molecule has 4 rings (SSSR count). The number of nitrogens with zero attached hydrogens (tertiary/aromatic N) is 3. The number of nitro groups is 2. The molecule has 0 bridgehead atoms. The van der Waals surface area contributed by atoms with Gasteiger partial charge in [0.05, 0.1) is 34.3 Å². The Morgan fingerprint density at radius 3 is 2.31 bits per heavy atom. The lowest BCUT2D eigenvalue weighted by atomic mass is 10.1. The van der Waals surface area contributed by atoms with Crippen LogP contribution in [-0.2, 0) is 0 Å². The number of hydrogen-bond donors (Lipinski definition) is 2. The van der Waals surface area contributed by atoms with Crippen LogP contribution in [0.5, 0.6) is 5.75 Å². The van der Waals surface area contributed by atoms with Gasteiger partial charge in [-0.2, -0.15) is 0 Å². The van der Waals surface area contributed by atoms with E-state index in [-0.39, 0.29) is 5.56 Å². The Morgan fingerprint density at radius 2 is 1.63 bits per heavy atom. The lowest BCUT2D eigenvalue weighted by molar-refractivity contribution is -0.394. The smallest absolute Gasteiger partial charge is 0.277 e. The number of aromatic nitrogens is 1. The second-order valence-electron chi connectivity index (χ2n) is 7.18. The summed E-state index contributed by atoms with van der Waals surface area (Å²) in [5.41, 5.74) is 1.32. The van der Waals surface area contributed by atoms with Gasteiger partial charge in [0.1, 0.15) is 5.75 Å². The highest BCUT2D eigenvalue weighted by molar-refractivity contribution is 7.14. The minimum atomic E-state index is -0.788. The third-order valence-corrected chi connectivity index (χ3v) is 5.59. The molecule has 35 heavy (non-hydrogen) atoms. The van der Waals surface area contributed by atoms with E-state index in [0.717, 1.165) is 29.4 Å². The van der Waals surface area contributed by atoms with Crippen molar-refractivity contribution in [2.75, 3.05) is 17.7 Å². The Balaban J connectivity index is 1.53. The van der Waals surface area contributed by atoms with Crippen LogP contribution in [0, 0.1) is 20.2 Å². The van der Waals surface area contributed by atoms with Crippen LogP contribution in [0.15, 0.2) is 72.1 Å².